The number of benzene rings is 1. The molecule has 1 fully saturated rings. The van der Waals surface area contributed by atoms with Crippen LogP contribution in [0.2, 0.25) is 0 Å². The lowest BCUT2D eigenvalue weighted by molar-refractivity contribution is 0.00352. The third-order valence-corrected chi connectivity index (χ3v) is 3.34. The Morgan fingerprint density at radius 3 is 2.62 bits per heavy atom. The van der Waals surface area contributed by atoms with Crippen molar-refractivity contribution in [3.63, 3.8) is 0 Å². The van der Waals surface area contributed by atoms with E-state index >= 15 is 0 Å². The van der Waals surface area contributed by atoms with Gasteiger partial charge in [0.05, 0.1) is 6.10 Å². The summed E-state index contributed by atoms with van der Waals surface area (Å²) >= 11 is 0. The maximum Gasteiger partial charge on any atom is 0.165 e. The summed E-state index contributed by atoms with van der Waals surface area (Å²) in [5.41, 5.74) is -0.143. The van der Waals surface area contributed by atoms with Gasteiger partial charge in [0.1, 0.15) is 6.10 Å². The normalized spacial score (nSPS) is 28.0. The first-order chi connectivity index (χ1) is 7.50. The molecule has 2 rings (SSSR count). The van der Waals surface area contributed by atoms with E-state index in [9.17, 15) is 9.50 Å². The van der Waals surface area contributed by atoms with Crippen LogP contribution in [-0.2, 0) is 0 Å². The minimum absolute atomic E-state index is 0.143. The van der Waals surface area contributed by atoms with Crippen LogP contribution in [0.15, 0.2) is 24.3 Å². The smallest absolute Gasteiger partial charge is 0.165 e. The van der Waals surface area contributed by atoms with Gasteiger partial charge in [0.25, 0.3) is 0 Å². The van der Waals surface area contributed by atoms with Crippen LogP contribution in [0, 0.1) is 11.2 Å². The van der Waals surface area contributed by atoms with Gasteiger partial charge in [-0.2, -0.15) is 0 Å². The lowest BCUT2D eigenvalue weighted by atomic mass is 9.89. The SMILES string of the molecule is CC1(C)CCC(Oc2ccccc2F)C1O. The zero-order valence-corrected chi connectivity index (χ0v) is 9.61. The standard InChI is InChI=1S/C13H17FO2/c1-13(2)8-7-11(12(13)15)16-10-6-4-3-5-9(10)14/h3-6,11-12,15H,7-8H2,1-2H3. The van der Waals surface area contributed by atoms with Crippen LogP contribution in [0.1, 0.15) is 26.7 Å². The molecule has 0 heterocycles. The van der Waals surface area contributed by atoms with E-state index in [4.69, 9.17) is 4.74 Å². The van der Waals surface area contributed by atoms with Crippen molar-refractivity contribution in [1.82, 2.24) is 0 Å². The molecule has 1 aliphatic carbocycles. The Kier molecular flexibility index (Phi) is 2.89. The molecule has 3 heteroatoms. The lowest BCUT2D eigenvalue weighted by Gasteiger charge is -2.25. The Balaban J connectivity index is 2.10. The van der Waals surface area contributed by atoms with Crippen LogP contribution < -0.4 is 4.74 Å². The van der Waals surface area contributed by atoms with Gasteiger partial charge in [-0.05, 0) is 30.4 Å². The molecular formula is C13H17FO2. The second kappa shape index (κ2) is 4.06. The maximum atomic E-state index is 13.4. The average molecular weight is 224 g/mol. The molecule has 2 nitrogen and oxygen atoms in total. The molecule has 1 aliphatic rings. The van der Waals surface area contributed by atoms with Gasteiger partial charge in [-0.25, -0.2) is 4.39 Å². The van der Waals surface area contributed by atoms with Crippen LogP contribution in [0.4, 0.5) is 4.39 Å². The molecule has 2 atom stereocenters. The van der Waals surface area contributed by atoms with Gasteiger partial charge in [-0.1, -0.05) is 26.0 Å². The number of hydrogen-bond donors (Lipinski definition) is 1. The molecule has 0 bridgehead atoms. The number of aliphatic hydroxyl groups excluding tert-OH is 1. The molecule has 0 radical (unpaired) electrons. The zero-order chi connectivity index (χ0) is 11.8. The monoisotopic (exact) mass is 224 g/mol. The third kappa shape index (κ3) is 2.05. The van der Waals surface area contributed by atoms with E-state index in [0.29, 0.717) is 0 Å². The molecule has 0 saturated heterocycles. The Morgan fingerprint density at radius 1 is 1.38 bits per heavy atom. The van der Waals surface area contributed by atoms with Crippen LogP contribution in [0.3, 0.4) is 0 Å². The van der Waals surface area contributed by atoms with Crippen molar-refractivity contribution in [1.29, 1.82) is 0 Å². The first-order valence-corrected chi connectivity index (χ1v) is 5.60. The number of para-hydroxylation sites is 1. The fraction of sp³-hybridized carbons (Fsp3) is 0.538. The first-order valence-electron chi connectivity index (χ1n) is 5.60. The van der Waals surface area contributed by atoms with E-state index < -0.39 is 6.10 Å². The lowest BCUT2D eigenvalue weighted by Crippen LogP contribution is -2.34. The second-order valence-corrected chi connectivity index (χ2v) is 5.06. The first kappa shape index (κ1) is 11.4. The Bertz CT molecular complexity index is 376. The van der Waals surface area contributed by atoms with Crippen molar-refractivity contribution in [2.45, 2.75) is 38.9 Å². The number of ether oxygens (including phenoxy) is 1. The third-order valence-electron chi connectivity index (χ3n) is 3.34. The summed E-state index contributed by atoms with van der Waals surface area (Å²) in [6.45, 7) is 4.00. The number of hydrogen-bond acceptors (Lipinski definition) is 2. The minimum Gasteiger partial charge on any atom is -0.485 e. The highest BCUT2D eigenvalue weighted by molar-refractivity contribution is 5.24. The average Bonchev–Trinajstić information content (AvgIpc) is 2.49. The molecule has 0 amide bonds. The van der Waals surface area contributed by atoms with Crippen molar-refractivity contribution in [3.8, 4) is 5.75 Å². The van der Waals surface area contributed by atoms with Crippen molar-refractivity contribution in [2.24, 2.45) is 5.41 Å². The van der Waals surface area contributed by atoms with Gasteiger partial charge in [0, 0.05) is 0 Å². The number of halogens is 1. The van der Waals surface area contributed by atoms with E-state index in [0.717, 1.165) is 12.8 Å². The van der Waals surface area contributed by atoms with Crippen molar-refractivity contribution < 1.29 is 14.2 Å². The van der Waals surface area contributed by atoms with Crippen molar-refractivity contribution >= 4 is 0 Å². The highest BCUT2D eigenvalue weighted by Crippen LogP contribution is 2.39. The van der Waals surface area contributed by atoms with Crippen LogP contribution in [-0.4, -0.2) is 17.3 Å². The Morgan fingerprint density at radius 2 is 2.06 bits per heavy atom. The van der Waals surface area contributed by atoms with E-state index in [-0.39, 0.29) is 23.1 Å². The minimum atomic E-state index is -0.535. The molecular weight excluding hydrogens is 207 g/mol. The summed E-state index contributed by atoms with van der Waals surface area (Å²) in [5, 5.41) is 10.0. The van der Waals surface area contributed by atoms with E-state index in [1.54, 1.807) is 18.2 Å². The fourth-order valence-electron chi connectivity index (χ4n) is 2.15. The summed E-state index contributed by atoms with van der Waals surface area (Å²) in [5.74, 6) is -0.149. The van der Waals surface area contributed by atoms with Crippen LogP contribution >= 0.6 is 0 Å². The summed E-state index contributed by atoms with van der Waals surface area (Å²) in [6.07, 6.45) is 0.828. The Labute approximate surface area is 95.1 Å². The van der Waals surface area contributed by atoms with Gasteiger partial charge in [-0.15, -0.1) is 0 Å². The van der Waals surface area contributed by atoms with Crippen LogP contribution in [0.5, 0.6) is 5.75 Å². The van der Waals surface area contributed by atoms with E-state index in [1.807, 2.05) is 13.8 Å². The summed E-state index contributed by atoms with van der Waals surface area (Å²) in [4.78, 5) is 0. The van der Waals surface area contributed by atoms with Gasteiger partial charge in [-0.3, -0.25) is 0 Å². The second-order valence-electron chi connectivity index (χ2n) is 5.06. The molecule has 1 saturated carbocycles. The van der Waals surface area contributed by atoms with Gasteiger partial charge in [0.2, 0.25) is 0 Å². The van der Waals surface area contributed by atoms with E-state index in [1.165, 1.54) is 6.07 Å². The van der Waals surface area contributed by atoms with Gasteiger partial charge >= 0.3 is 0 Å². The summed E-state index contributed by atoms with van der Waals surface area (Å²) in [6, 6.07) is 6.30. The zero-order valence-electron chi connectivity index (χ0n) is 9.61. The number of rotatable bonds is 2. The molecule has 88 valence electrons. The van der Waals surface area contributed by atoms with E-state index in [2.05, 4.69) is 0 Å². The molecule has 16 heavy (non-hydrogen) atoms. The Hall–Kier alpha value is -1.09. The van der Waals surface area contributed by atoms with Gasteiger partial charge < -0.3 is 9.84 Å². The van der Waals surface area contributed by atoms with Crippen LogP contribution in [0.25, 0.3) is 0 Å². The van der Waals surface area contributed by atoms with Crippen molar-refractivity contribution in [3.05, 3.63) is 30.1 Å². The largest absolute Gasteiger partial charge is 0.485 e. The molecule has 1 aromatic carbocycles. The quantitative estimate of drug-likeness (QED) is 0.837. The topological polar surface area (TPSA) is 29.5 Å². The predicted molar refractivity (Wildman–Crippen MR) is 59.8 cm³/mol. The molecule has 0 aliphatic heterocycles. The summed E-state index contributed by atoms with van der Waals surface area (Å²) in [7, 11) is 0. The molecule has 0 spiro atoms. The summed E-state index contributed by atoms with van der Waals surface area (Å²) < 4.78 is 18.9. The highest BCUT2D eigenvalue weighted by atomic mass is 19.1. The molecule has 1 N–H and O–H groups in total. The number of aliphatic hydroxyl groups is 1. The van der Waals surface area contributed by atoms with Crippen molar-refractivity contribution in [2.75, 3.05) is 0 Å². The molecule has 2 unspecified atom stereocenters. The predicted octanol–water partition coefficient (Wildman–Crippen LogP) is 2.75. The molecule has 0 aromatic heterocycles. The highest BCUT2D eigenvalue weighted by Gasteiger charge is 2.42. The maximum absolute atomic E-state index is 13.4. The van der Waals surface area contributed by atoms with Gasteiger partial charge in [0.15, 0.2) is 11.6 Å². The molecule has 1 aromatic rings. The fourth-order valence-corrected chi connectivity index (χ4v) is 2.15.